The molecule has 4 heterocycles. The lowest BCUT2D eigenvalue weighted by Gasteiger charge is -2.42. The van der Waals surface area contributed by atoms with Gasteiger partial charge in [-0.05, 0) is 75.6 Å². The summed E-state index contributed by atoms with van der Waals surface area (Å²) < 4.78 is 13.8. The molecule has 2 fully saturated rings. The van der Waals surface area contributed by atoms with Gasteiger partial charge < -0.3 is 19.3 Å². The fourth-order valence-electron chi connectivity index (χ4n) is 6.63. The van der Waals surface area contributed by atoms with Gasteiger partial charge in [0.05, 0.1) is 40.0 Å². The maximum absolute atomic E-state index is 13.5. The molecule has 1 aromatic heterocycles. The highest BCUT2D eigenvalue weighted by molar-refractivity contribution is 7.18. The van der Waals surface area contributed by atoms with Crippen LogP contribution in [0.15, 0.2) is 48.5 Å². The normalized spacial score (nSPS) is 21.8. The Labute approximate surface area is 246 Å². The number of fused-ring (bicyclic) bond motifs is 3. The van der Waals surface area contributed by atoms with Crippen LogP contribution in [-0.2, 0) is 16.0 Å². The molecule has 3 aliphatic rings. The minimum absolute atomic E-state index is 0.00572. The van der Waals surface area contributed by atoms with E-state index in [1.807, 2.05) is 52.3 Å². The summed E-state index contributed by atoms with van der Waals surface area (Å²) in [5, 5.41) is 1.11. The van der Waals surface area contributed by atoms with Crippen molar-refractivity contribution in [2.45, 2.75) is 70.3 Å². The quantitative estimate of drug-likeness (QED) is 0.375. The van der Waals surface area contributed by atoms with Crippen molar-refractivity contribution in [3.8, 4) is 5.75 Å². The zero-order chi connectivity index (χ0) is 28.1. The molecule has 41 heavy (non-hydrogen) atoms. The number of amides is 2. The van der Waals surface area contributed by atoms with Crippen molar-refractivity contribution in [3.05, 3.63) is 59.1 Å². The molecule has 7 nitrogen and oxygen atoms in total. The van der Waals surface area contributed by atoms with Crippen molar-refractivity contribution in [1.29, 1.82) is 0 Å². The molecule has 0 saturated carbocycles. The topological polar surface area (TPSA) is 72.0 Å². The maximum atomic E-state index is 13.5. The number of hydrogen-bond donors (Lipinski definition) is 0. The minimum Gasteiger partial charge on any atom is -0.492 e. The SMILES string of the molecule is O=C(CCCc1nc2ccccc2s1)N1CCC2(CCCCOC[C@@H]3CCCN3C(=O)c3ccccc3OC2)CC1. The van der Waals surface area contributed by atoms with E-state index in [1.54, 1.807) is 11.3 Å². The van der Waals surface area contributed by atoms with E-state index >= 15 is 0 Å². The largest absolute Gasteiger partial charge is 0.492 e. The summed E-state index contributed by atoms with van der Waals surface area (Å²) in [6.45, 7) is 4.20. The van der Waals surface area contributed by atoms with Crippen LogP contribution >= 0.6 is 11.3 Å². The molecular weight excluding hydrogens is 534 g/mol. The van der Waals surface area contributed by atoms with E-state index in [-0.39, 0.29) is 23.3 Å². The number of hydrogen-bond acceptors (Lipinski definition) is 6. The highest BCUT2D eigenvalue weighted by atomic mass is 32.1. The van der Waals surface area contributed by atoms with Crippen molar-refractivity contribution in [1.82, 2.24) is 14.8 Å². The van der Waals surface area contributed by atoms with E-state index in [0.717, 1.165) is 94.6 Å². The van der Waals surface area contributed by atoms with Crippen LogP contribution in [0.5, 0.6) is 5.75 Å². The predicted molar refractivity (Wildman–Crippen MR) is 161 cm³/mol. The summed E-state index contributed by atoms with van der Waals surface area (Å²) in [4.78, 5) is 35.4. The molecule has 6 rings (SSSR count). The lowest BCUT2D eigenvalue weighted by Crippen LogP contribution is -2.45. The zero-order valence-electron chi connectivity index (χ0n) is 23.9. The van der Waals surface area contributed by atoms with Crippen LogP contribution in [0.3, 0.4) is 0 Å². The van der Waals surface area contributed by atoms with Gasteiger partial charge in [-0.25, -0.2) is 4.98 Å². The predicted octanol–water partition coefficient (Wildman–Crippen LogP) is 6.11. The fraction of sp³-hybridized carbons (Fsp3) is 0.545. The monoisotopic (exact) mass is 575 g/mol. The summed E-state index contributed by atoms with van der Waals surface area (Å²) in [5.74, 6) is 0.963. The molecule has 3 aromatic rings. The highest BCUT2D eigenvalue weighted by Gasteiger charge is 2.37. The van der Waals surface area contributed by atoms with Gasteiger partial charge in [0.2, 0.25) is 5.91 Å². The first-order valence-electron chi connectivity index (χ1n) is 15.3. The molecule has 0 radical (unpaired) electrons. The van der Waals surface area contributed by atoms with Gasteiger partial charge >= 0.3 is 0 Å². The van der Waals surface area contributed by atoms with Gasteiger partial charge in [-0.3, -0.25) is 9.59 Å². The summed E-state index contributed by atoms with van der Waals surface area (Å²) in [6, 6.07) is 16.0. The molecule has 8 heteroatoms. The molecule has 2 aromatic carbocycles. The van der Waals surface area contributed by atoms with Crippen LogP contribution in [-0.4, -0.2) is 72.1 Å². The van der Waals surface area contributed by atoms with E-state index in [0.29, 0.717) is 30.9 Å². The Morgan fingerprint density at radius 3 is 2.71 bits per heavy atom. The van der Waals surface area contributed by atoms with Gasteiger partial charge in [-0.15, -0.1) is 11.3 Å². The molecule has 2 amide bonds. The van der Waals surface area contributed by atoms with E-state index in [9.17, 15) is 9.59 Å². The Morgan fingerprint density at radius 2 is 1.83 bits per heavy atom. The minimum atomic E-state index is -0.00572. The third kappa shape index (κ3) is 6.59. The lowest BCUT2D eigenvalue weighted by molar-refractivity contribution is -0.134. The Bertz CT molecular complexity index is 1320. The van der Waals surface area contributed by atoms with Gasteiger partial charge in [0.15, 0.2) is 0 Å². The molecule has 1 atom stereocenters. The summed E-state index contributed by atoms with van der Waals surface area (Å²) in [7, 11) is 0. The number of benzene rings is 2. The zero-order valence-corrected chi connectivity index (χ0v) is 24.7. The maximum Gasteiger partial charge on any atom is 0.257 e. The van der Waals surface area contributed by atoms with Crippen molar-refractivity contribution in [2.75, 3.05) is 39.5 Å². The van der Waals surface area contributed by atoms with Crippen molar-refractivity contribution in [3.63, 3.8) is 0 Å². The molecule has 1 spiro atoms. The second-order valence-electron chi connectivity index (χ2n) is 11.9. The Hall–Kier alpha value is -2.97. The molecule has 218 valence electrons. The van der Waals surface area contributed by atoms with Crippen molar-refractivity contribution in [2.24, 2.45) is 5.41 Å². The van der Waals surface area contributed by atoms with Crippen LogP contribution < -0.4 is 4.74 Å². The van der Waals surface area contributed by atoms with Crippen LogP contribution in [0.1, 0.15) is 73.2 Å². The van der Waals surface area contributed by atoms with E-state index in [1.165, 1.54) is 4.70 Å². The average Bonchev–Trinajstić information content (AvgIpc) is 3.64. The van der Waals surface area contributed by atoms with E-state index < -0.39 is 0 Å². The third-order valence-electron chi connectivity index (χ3n) is 9.14. The Balaban J connectivity index is 1.07. The number of piperidine rings is 1. The van der Waals surface area contributed by atoms with Crippen LogP contribution in [0.2, 0.25) is 0 Å². The average molecular weight is 576 g/mol. The van der Waals surface area contributed by atoms with Crippen LogP contribution in [0, 0.1) is 5.41 Å². The molecule has 0 N–H and O–H groups in total. The summed E-state index contributed by atoms with van der Waals surface area (Å²) in [5.41, 5.74) is 1.69. The molecule has 0 aliphatic carbocycles. The summed E-state index contributed by atoms with van der Waals surface area (Å²) >= 11 is 1.73. The number of carbonyl (C=O) groups excluding carboxylic acids is 2. The van der Waals surface area contributed by atoms with Crippen molar-refractivity contribution < 1.29 is 19.1 Å². The number of thiazole rings is 1. The molecule has 0 unspecified atom stereocenters. The number of aryl methyl sites for hydroxylation is 1. The van der Waals surface area contributed by atoms with Crippen LogP contribution in [0.25, 0.3) is 10.2 Å². The molecule has 0 bridgehead atoms. The number of para-hydroxylation sites is 2. The van der Waals surface area contributed by atoms with E-state index in [4.69, 9.17) is 14.5 Å². The Morgan fingerprint density at radius 1 is 1.00 bits per heavy atom. The first kappa shape index (κ1) is 28.2. The smallest absolute Gasteiger partial charge is 0.257 e. The standard InChI is InChI=1S/C33H41N3O4S/c37-31(15-7-14-30-34-27-11-2-4-13-29(27)41-30)35-20-17-33(18-21-35)16-5-6-22-39-23-25-9-8-19-36(25)32(38)26-10-1-3-12-28(26)40-24-33/h1-4,10-13,25H,5-9,14-24H2/t25-/m0/s1. The molecule has 2 saturated heterocycles. The van der Waals surface area contributed by atoms with Gasteiger partial charge in [0, 0.05) is 38.1 Å². The Kier molecular flexibility index (Phi) is 8.87. The second-order valence-corrected chi connectivity index (χ2v) is 13.0. The highest BCUT2D eigenvalue weighted by Crippen LogP contribution is 2.38. The van der Waals surface area contributed by atoms with Gasteiger partial charge in [0.1, 0.15) is 5.75 Å². The first-order chi connectivity index (χ1) is 20.1. The van der Waals surface area contributed by atoms with Crippen molar-refractivity contribution >= 4 is 33.4 Å². The number of likely N-dealkylation sites (tertiary alicyclic amines) is 1. The molecular formula is C33H41N3O4S. The van der Waals surface area contributed by atoms with Gasteiger partial charge in [-0.1, -0.05) is 30.7 Å². The molecule has 3 aliphatic heterocycles. The number of ether oxygens (including phenoxy) is 2. The second kappa shape index (κ2) is 12.9. The summed E-state index contributed by atoms with van der Waals surface area (Å²) in [6.07, 6.45) is 9.20. The number of aromatic nitrogens is 1. The van der Waals surface area contributed by atoms with E-state index in [2.05, 4.69) is 6.07 Å². The number of rotatable bonds is 4. The fourth-order valence-corrected chi connectivity index (χ4v) is 7.64. The number of nitrogens with zero attached hydrogens (tertiary/aromatic N) is 3. The number of carbonyl (C=O) groups is 2. The lowest BCUT2D eigenvalue weighted by atomic mass is 9.75. The third-order valence-corrected chi connectivity index (χ3v) is 10.2. The first-order valence-corrected chi connectivity index (χ1v) is 16.1. The van der Waals surface area contributed by atoms with Gasteiger partial charge in [-0.2, -0.15) is 0 Å². The van der Waals surface area contributed by atoms with Gasteiger partial charge in [0.25, 0.3) is 5.91 Å². The van der Waals surface area contributed by atoms with Crippen LogP contribution in [0.4, 0.5) is 0 Å².